The van der Waals surface area contributed by atoms with Crippen LogP contribution in [-0.2, 0) is 11.8 Å². The van der Waals surface area contributed by atoms with Crippen LogP contribution in [0.1, 0.15) is 11.8 Å². The number of benzene rings is 2. The summed E-state index contributed by atoms with van der Waals surface area (Å²) in [6, 6.07) is 9.48. The van der Waals surface area contributed by atoms with Crippen molar-refractivity contribution in [2.45, 2.75) is 0 Å². The number of carbonyl (C=O) groups excluding carboxylic acids is 1. The number of halogens is 1. The summed E-state index contributed by atoms with van der Waals surface area (Å²) in [4.78, 5) is 31.4. The molecule has 0 fully saturated rings. The second kappa shape index (κ2) is 15.2. The first-order valence-corrected chi connectivity index (χ1v) is 26.6. The number of carbonyl (C=O) groups is 1. The number of nitro groups is 1. The van der Waals surface area contributed by atoms with E-state index >= 15 is 0 Å². The number of ether oxygens (including phenoxy) is 2. The number of nitrogens with zero attached hydrogens (tertiary/aromatic N) is 4. The number of esters is 1. The SMILES string of the molecule is COC(=O)c1cnc(Nc2cc([N+](=O)[O-])c(F)cc2OC)nc1-c1cn(C)c2ccccc12.[H-].[K+].[K][K]. The van der Waals surface area contributed by atoms with Crippen LogP contribution in [0, 0.1) is 15.9 Å². The van der Waals surface area contributed by atoms with Gasteiger partial charge in [0.05, 0.1) is 30.5 Å². The van der Waals surface area contributed by atoms with Crippen molar-refractivity contribution in [3.63, 3.8) is 0 Å². The Balaban J connectivity index is 0.00000167. The van der Waals surface area contributed by atoms with E-state index in [1.165, 1.54) is 83.6 Å². The number of rotatable bonds is 6. The molecule has 4 rings (SSSR count). The van der Waals surface area contributed by atoms with E-state index in [1.807, 2.05) is 42.1 Å². The average Bonchev–Trinajstić information content (AvgIpc) is 3.21. The van der Waals surface area contributed by atoms with E-state index in [1.54, 1.807) is 0 Å². The molecule has 2 aromatic carbocycles. The Morgan fingerprint density at radius 1 is 1.25 bits per heavy atom. The molecule has 0 atom stereocenters. The fourth-order valence-corrected chi connectivity index (χ4v) is 3.51. The average molecular weight is 570 g/mol. The van der Waals surface area contributed by atoms with Crippen molar-refractivity contribution >= 4 is 97.3 Å². The van der Waals surface area contributed by atoms with Crippen LogP contribution in [0.3, 0.4) is 0 Å². The molecule has 0 bridgehead atoms. The van der Waals surface area contributed by atoms with Gasteiger partial charge in [-0.15, -0.1) is 0 Å². The number of para-hydroxylation sites is 1. The van der Waals surface area contributed by atoms with Gasteiger partial charge in [-0.25, -0.2) is 14.8 Å². The molecular formula is C22H19FK3N5O5. The molecule has 0 unspecified atom stereocenters. The summed E-state index contributed by atoms with van der Waals surface area (Å²) in [5.74, 6) is -1.63. The van der Waals surface area contributed by atoms with Crippen molar-refractivity contribution in [2.24, 2.45) is 7.05 Å². The van der Waals surface area contributed by atoms with E-state index < -0.39 is 22.4 Å². The summed E-state index contributed by atoms with van der Waals surface area (Å²) in [5.41, 5.74) is 1.37. The summed E-state index contributed by atoms with van der Waals surface area (Å²) >= 11 is 2.50. The van der Waals surface area contributed by atoms with Crippen LogP contribution in [-0.4, -0.2) is 103 Å². The molecule has 36 heavy (non-hydrogen) atoms. The van der Waals surface area contributed by atoms with Crippen molar-refractivity contribution < 1.29 is 76.4 Å². The number of fused-ring (bicyclic) bond motifs is 1. The van der Waals surface area contributed by atoms with Gasteiger partial charge < -0.3 is 20.8 Å². The quantitative estimate of drug-likeness (QED) is 0.155. The van der Waals surface area contributed by atoms with Gasteiger partial charge in [0.1, 0.15) is 11.3 Å². The number of aryl methyl sites for hydroxylation is 1. The fraction of sp³-hybridized carbons (Fsp3) is 0.136. The molecule has 1 N–H and O–H groups in total. The normalized spacial score (nSPS) is 10.1. The standard InChI is InChI=1S/C22H18FN5O5.3K.H/c1-27-11-14(12-6-4-5-7-17(12)27)20-13(21(29)33-3)10-24-22(26-20)25-16-9-18(28(30)31)15(23)8-19(16)32-2;;;;/h4-11H,1-3H3,(H,24,25,26);;;;/q;;;+1;-1. The van der Waals surface area contributed by atoms with Crippen molar-refractivity contribution in [1.29, 1.82) is 0 Å². The molecule has 2 aromatic heterocycles. The predicted octanol–water partition coefficient (Wildman–Crippen LogP) is 0.576. The minimum atomic E-state index is -1.04. The van der Waals surface area contributed by atoms with Crippen molar-refractivity contribution in [3.05, 3.63) is 70.3 Å². The number of hydrogen-bond acceptors (Lipinski definition) is 8. The minimum absolute atomic E-state index is 0. The molecule has 0 aliphatic heterocycles. The van der Waals surface area contributed by atoms with Crippen LogP contribution < -0.4 is 61.4 Å². The summed E-state index contributed by atoms with van der Waals surface area (Å²) in [6.07, 6.45) is 3.12. The number of nitrogens with one attached hydrogen (secondary N) is 1. The van der Waals surface area contributed by atoms with Crippen LogP contribution in [0.2, 0.25) is 0 Å². The monoisotopic (exact) mass is 569 g/mol. The summed E-state index contributed by atoms with van der Waals surface area (Å²) < 4.78 is 25.9. The molecule has 0 amide bonds. The number of nitro benzene ring substituents is 1. The molecule has 2 heterocycles. The van der Waals surface area contributed by atoms with Gasteiger partial charge in [0.2, 0.25) is 11.8 Å². The molecular weight excluding hydrogens is 551 g/mol. The first-order valence-electron chi connectivity index (χ1n) is 10.6. The van der Waals surface area contributed by atoms with Crippen LogP contribution in [0.4, 0.5) is 21.7 Å². The Kier molecular flexibility index (Phi) is 13.8. The zero-order valence-corrected chi connectivity index (χ0v) is 30.2. The Morgan fingerprint density at radius 2 is 1.94 bits per heavy atom. The molecule has 172 valence electrons. The first kappa shape index (κ1) is 32.6. The van der Waals surface area contributed by atoms with Gasteiger partial charge in [-0.2, -0.15) is 4.39 Å². The molecule has 14 heteroatoms. The maximum atomic E-state index is 14.0. The second-order valence-electron chi connectivity index (χ2n) is 7.00. The van der Waals surface area contributed by atoms with Gasteiger partial charge in [0, 0.05) is 48.0 Å². The molecule has 0 aliphatic rings. The van der Waals surface area contributed by atoms with E-state index in [-0.39, 0.29) is 75.8 Å². The topological polar surface area (TPSA) is 121 Å². The third-order valence-electron chi connectivity index (χ3n) is 5.06. The molecule has 0 saturated heterocycles. The number of anilines is 2. The second-order valence-corrected chi connectivity index (χ2v) is 7.00. The van der Waals surface area contributed by atoms with Crippen LogP contribution >= 0.6 is 0 Å². The molecule has 0 saturated carbocycles. The maximum absolute atomic E-state index is 14.0. The van der Waals surface area contributed by atoms with Crippen molar-refractivity contribution in [1.82, 2.24) is 14.5 Å². The summed E-state index contributed by atoms with van der Waals surface area (Å²) in [5, 5.41) is 14.8. The van der Waals surface area contributed by atoms with E-state index in [0.29, 0.717) is 11.3 Å². The fourth-order valence-electron chi connectivity index (χ4n) is 3.51. The van der Waals surface area contributed by atoms with Crippen LogP contribution in [0.25, 0.3) is 22.2 Å². The molecule has 0 radical (unpaired) electrons. The van der Waals surface area contributed by atoms with Crippen LogP contribution in [0.5, 0.6) is 5.75 Å². The number of hydrogen-bond donors (Lipinski definition) is 1. The Bertz CT molecular complexity index is 1420. The summed E-state index contributed by atoms with van der Waals surface area (Å²) in [7, 11) is 4.42. The van der Waals surface area contributed by atoms with Gasteiger partial charge in [-0.3, -0.25) is 10.1 Å². The third-order valence-corrected chi connectivity index (χ3v) is 5.06. The van der Waals surface area contributed by atoms with Gasteiger partial charge in [0.25, 0.3) is 0 Å². The van der Waals surface area contributed by atoms with E-state index in [0.717, 1.165) is 23.0 Å². The third kappa shape index (κ3) is 7.31. The Labute approximate surface area is 295 Å². The number of aromatic nitrogens is 3. The zero-order chi connectivity index (χ0) is 25.7. The van der Waals surface area contributed by atoms with Crippen LogP contribution in [0.15, 0.2) is 48.8 Å². The van der Waals surface area contributed by atoms with Crippen molar-refractivity contribution in [3.8, 4) is 17.0 Å². The van der Waals surface area contributed by atoms with Gasteiger partial charge >= 0.3 is 126 Å². The van der Waals surface area contributed by atoms with E-state index in [4.69, 9.17) is 9.47 Å². The van der Waals surface area contributed by atoms with E-state index in [2.05, 4.69) is 15.3 Å². The van der Waals surface area contributed by atoms with Gasteiger partial charge in [0.15, 0.2) is 0 Å². The molecule has 0 aliphatic carbocycles. The van der Waals surface area contributed by atoms with Gasteiger partial charge in [-0.05, 0) is 6.07 Å². The van der Waals surface area contributed by atoms with Crippen molar-refractivity contribution in [2.75, 3.05) is 19.5 Å². The number of methoxy groups -OCH3 is 2. The summed E-state index contributed by atoms with van der Waals surface area (Å²) in [6.45, 7) is 0. The first-order chi connectivity index (χ1) is 16.8. The molecule has 0 spiro atoms. The van der Waals surface area contributed by atoms with Gasteiger partial charge in [-0.1, -0.05) is 18.2 Å². The predicted molar refractivity (Wildman–Crippen MR) is 131 cm³/mol. The van der Waals surface area contributed by atoms with E-state index in [9.17, 15) is 19.3 Å². The zero-order valence-electron chi connectivity index (χ0n) is 21.8. The Hall–Kier alpha value is 0.369. The molecule has 10 nitrogen and oxygen atoms in total. The Morgan fingerprint density at radius 3 is 2.58 bits per heavy atom. The molecule has 4 aromatic rings.